The standard InChI is InChI=1S/C19H21N5O3S/c1-13-3-4-18(28-13)14-7-15(9-16(8-14)24-12-20-21-22-24)19(25)23(2)10-17-11-26-5-6-27-17/h3-4,7-9,12,17H,5-6,10-11H2,1-2H3. The molecule has 1 aliphatic heterocycles. The van der Waals surface area contributed by atoms with Gasteiger partial charge < -0.3 is 14.4 Å². The first-order chi connectivity index (χ1) is 13.6. The molecule has 3 heterocycles. The SMILES string of the molecule is Cc1ccc(-c2cc(C(=O)N(C)CC3COCCO3)cc(-n3cnnn3)c2)s1. The van der Waals surface area contributed by atoms with Gasteiger partial charge in [-0.2, -0.15) is 0 Å². The Morgan fingerprint density at radius 2 is 2.21 bits per heavy atom. The third-order valence-electron chi connectivity index (χ3n) is 4.51. The molecule has 1 atom stereocenters. The van der Waals surface area contributed by atoms with Gasteiger partial charge in [-0.15, -0.1) is 16.4 Å². The molecule has 28 heavy (non-hydrogen) atoms. The minimum Gasteiger partial charge on any atom is -0.376 e. The van der Waals surface area contributed by atoms with Crippen LogP contribution in [0.3, 0.4) is 0 Å². The number of hydrogen-bond acceptors (Lipinski definition) is 7. The first kappa shape index (κ1) is 18.7. The van der Waals surface area contributed by atoms with E-state index in [1.165, 1.54) is 11.2 Å². The van der Waals surface area contributed by atoms with Crippen LogP contribution in [0.1, 0.15) is 15.2 Å². The lowest BCUT2D eigenvalue weighted by Gasteiger charge is -2.27. The number of nitrogens with zero attached hydrogens (tertiary/aromatic N) is 5. The molecule has 0 bridgehead atoms. The number of carbonyl (C=O) groups is 1. The van der Waals surface area contributed by atoms with Crippen LogP contribution in [-0.2, 0) is 9.47 Å². The van der Waals surface area contributed by atoms with Crippen LogP contribution in [0.2, 0.25) is 0 Å². The molecule has 1 aromatic carbocycles. The molecule has 8 nitrogen and oxygen atoms in total. The topological polar surface area (TPSA) is 82.4 Å². The molecule has 0 radical (unpaired) electrons. The van der Waals surface area contributed by atoms with E-state index in [9.17, 15) is 4.79 Å². The van der Waals surface area contributed by atoms with Crippen LogP contribution >= 0.6 is 11.3 Å². The van der Waals surface area contributed by atoms with Crippen molar-refractivity contribution >= 4 is 17.2 Å². The summed E-state index contributed by atoms with van der Waals surface area (Å²) in [5, 5.41) is 11.4. The zero-order valence-electron chi connectivity index (χ0n) is 15.7. The van der Waals surface area contributed by atoms with E-state index in [1.807, 2.05) is 12.1 Å². The van der Waals surface area contributed by atoms with Crippen molar-refractivity contribution in [2.45, 2.75) is 13.0 Å². The molecule has 0 saturated carbocycles. The largest absolute Gasteiger partial charge is 0.376 e. The summed E-state index contributed by atoms with van der Waals surface area (Å²) in [6.07, 6.45) is 1.41. The molecular formula is C19H21N5O3S. The number of rotatable bonds is 5. The molecule has 9 heteroatoms. The third-order valence-corrected chi connectivity index (χ3v) is 5.56. The van der Waals surface area contributed by atoms with E-state index in [4.69, 9.17) is 9.47 Å². The lowest BCUT2D eigenvalue weighted by molar-refractivity contribution is -0.0933. The summed E-state index contributed by atoms with van der Waals surface area (Å²) in [4.78, 5) is 17.1. The highest BCUT2D eigenvalue weighted by Crippen LogP contribution is 2.30. The quantitative estimate of drug-likeness (QED) is 0.654. The van der Waals surface area contributed by atoms with Gasteiger partial charge in [-0.25, -0.2) is 4.68 Å². The van der Waals surface area contributed by atoms with Crippen LogP contribution in [-0.4, -0.2) is 70.5 Å². The lowest BCUT2D eigenvalue weighted by Crippen LogP contribution is -2.40. The molecule has 0 spiro atoms. The number of thiophene rings is 1. The second kappa shape index (κ2) is 8.17. The molecule has 1 aliphatic rings. The number of carbonyl (C=O) groups excluding carboxylic acids is 1. The zero-order chi connectivity index (χ0) is 19.5. The van der Waals surface area contributed by atoms with Crippen molar-refractivity contribution in [3.05, 3.63) is 47.1 Å². The molecule has 3 aromatic rings. The molecule has 2 aromatic heterocycles. The van der Waals surface area contributed by atoms with E-state index >= 15 is 0 Å². The van der Waals surface area contributed by atoms with Crippen LogP contribution in [0.25, 0.3) is 16.1 Å². The average Bonchev–Trinajstić information content (AvgIpc) is 3.40. The van der Waals surface area contributed by atoms with Crippen molar-refractivity contribution < 1.29 is 14.3 Å². The van der Waals surface area contributed by atoms with E-state index < -0.39 is 0 Å². The van der Waals surface area contributed by atoms with Crippen molar-refractivity contribution in [1.82, 2.24) is 25.1 Å². The van der Waals surface area contributed by atoms with Gasteiger partial charge in [0.2, 0.25) is 0 Å². The second-order valence-corrected chi connectivity index (χ2v) is 7.97. The summed E-state index contributed by atoms with van der Waals surface area (Å²) >= 11 is 1.68. The summed E-state index contributed by atoms with van der Waals surface area (Å²) in [7, 11) is 1.78. The minimum atomic E-state index is -0.107. The number of aryl methyl sites for hydroxylation is 1. The Morgan fingerprint density at radius 3 is 2.89 bits per heavy atom. The third kappa shape index (κ3) is 4.11. The second-order valence-electron chi connectivity index (χ2n) is 6.69. The Morgan fingerprint density at radius 1 is 1.32 bits per heavy atom. The molecular weight excluding hydrogens is 378 g/mol. The van der Waals surface area contributed by atoms with E-state index in [0.717, 1.165) is 16.1 Å². The number of hydrogen-bond donors (Lipinski definition) is 0. The molecule has 146 valence electrons. The Hall–Kier alpha value is -2.62. The van der Waals surface area contributed by atoms with Gasteiger partial charge in [0.1, 0.15) is 6.33 Å². The Balaban J connectivity index is 1.64. The van der Waals surface area contributed by atoms with Crippen molar-refractivity contribution in [2.24, 2.45) is 0 Å². The van der Waals surface area contributed by atoms with Crippen molar-refractivity contribution in [3.63, 3.8) is 0 Å². The van der Waals surface area contributed by atoms with Crippen molar-refractivity contribution in [1.29, 1.82) is 0 Å². The highest BCUT2D eigenvalue weighted by molar-refractivity contribution is 7.15. The smallest absolute Gasteiger partial charge is 0.253 e. The fraction of sp³-hybridized carbons (Fsp3) is 0.368. The Bertz CT molecular complexity index is 950. The number of benzene rings is 1. The van der Waals surface area contributed by atoms with Gasteiger partial charge in [-0.05, 0) is 53.2 Å². The molecule has 0 aliphatic carbocycles. The Labute approximate surface area is 166 Å². The number of amides is 1. The maximum atomic E-state index is 13.1. The van der Waals surface area contributed by atoms with Gasteiger partial charge in [0.05, 0.1) is 31.6 Å². The number of aromatic nitrogens is 4. The van der Waals surface area contributed by atoms with Gasteiger partial charge >= 0.3 is 0 Å². The molecule has 0 N–H and O–H groups in total. The molecule has 1 unspecified atom stereocenters. The molecule has 4 rings (SSSR count). The maximum absolute atomic E-state index is 13.1. The minimum absolute atomic E-state index is 0.0846. The molecule has 1 fully saturated rings. The van der Waals surface area contributed by atoms with E-state index in [1.54, 1.807) is 34.0 Å². The monoisotopic (exact) mass is 399 g/mol. The molecule has 1 amide bonds. The predicted molar refractivity (Wildman–Crippen MR) is 105 cm³/mol. The normalized spacial score (nSPS) is 16.9. The van der Waals surface area contributed by atoms with Gasteiger partial charge in [0.25, 0.3) is 5.91 Å². The summed E-state index contributed by atoms with van der Waals surface area (Å²) in [5.41, 5.74) is 2.27. The van der Waals surface area contributed by atoms with Crippen molar-refractivity contribution in [3.8, 4) is 16.1 Å². The average molecular weight is 399 g/mol. The zero-order valence-corrected chi connectivity index (χ0v) is 16.6. The number of ether oxygens (including phenoxy) is 2. The maximum Gasteiger partial charge on any atom is 0.253 e. The highest BCUT2D eigenvalue weighted by Gasteiger charge is 2.21. The van der Waals surface area contributed by atoms with Crippen molar-refractivity contribution in [2.75, 3.05) is 33.4 Å². The van der Waals surface area contributed by atoms with Gasteiger partial charge in [-0.1, -0.05) is 0 Å². The predicted octanol–water partition coefficient (Wildman–Crippen LogP) is 2.19. The van der Waals surface area contributed by atoms with Crippen LogP contribution in [0.4, 0.5) is 0 Å². The summed E-state index contributed by atoms with van der Waals surface area (Å²) in [5.74, 6) is -0.0846. The van der Waals surface area contributed by atoms with Gasteiger partial charge in [0, 0.05) is 28.9 Å². The van der Waals surface area contributed by atoms with E-state index in [0.29, 0.717) is 31.9 Å². The summed E-state index contributed by atoms with van der Waals surface area (Å²) < 4.78 is 12.6. The first-order valence-electron chi connectivity index (χ1n) is 9.00. The van der Waals surface area contributed by atoms with Gasteiger partial charge in [0.15, 0.2) is 0 Å². The van der Waals surface area contributed by atoms with Crippen LogP contribution in [0.15, 0.2) is 36.7 Å². The number of tetrazole rings is 1. The Kier molecular flexibility index (Phi) is 5.47. The van der Waals surface area contributed by atoms with Crippen LogP contribution in [0, 0.1) is 6.92 Å². The lowest BCUT2D eigenvalue weighted by atomic mass is 10.1. The van der Waals surface area contributed by atoms with Crippen LogP contribution in [0.5, 0.6) is 0 Å². The summed E-state index contributed by atoms with van der Waals surface area (Å²) in [6, 6.07) is 9.83. The van der Waals surface area contributed by atoms with E-state index in [2.05, 4.69) is 34.6 Å². The molecule has 1 saturated heterocycles. The first-order valence-corrected chi connectivity index (χ1v) is 9.82. The highest BCUT2D eigenvalue weighted by atomic mass is 32.1. The van der Waals surface area contributed by atoms with Crippen LogP contribution < -0.4 is 0 Å². The van der Waals surface area contributed by atoms with Gasteiger partial charge in [-0.3, -0.25) is 4.79 Å². The van der Waals surface area contributed by atoms with E-state index in [-0.39, 0.29) is 12.0 Å². The number of likely N-dealkylation sites (N-methyl/N-ethyl adjacent to an activating group) is 1. The summed E-state index contributed by atoms with van der Waals surface area (Å²) in [6.45, 7) is 4.20. The fourth-order valence-corrected chi connectivity index (χ4v) is 3.98. The fourth-order valence-electron chi connectivity index (χ4n) is 3.13.